The van der Waals surface area contributed by atoms with Gasteiger partial charge in [-0.2, -0.15) is 0 Å². The molecule has 0 bridgehead atoms. The van der Waals surface area contributed by atoms with Gasteiger partial charge in [0.1, 0.15) is 0 Å². The number of benzene rings is 1. The number of anilines is 1. The van der Waals surface area contributed by atoms with Crippen LogP contribution in [0.1, 0.15) is 19.4 Å². The third-order valence-electron chi connectivity index (χ3n) is 2.28. The van der Waals surface area contributed by atoms with E-state index in [-0.39, 0.29) is 6.10 Å². The van der Waals surface area contributed by atoms with Crippen LogP contribution >= 0.6 is 0 Å². The lowest BCUT2D eigenvalue weighted by molar-refractivity contribution is 0.187. The van der Waals surface area contributed by atoms with E-state index in [0.29, 0.717) is 12.6 Å². The highest BCUT2D eigenvalue weighted by Gasteiger charge is 2.04. The van der Waals surface area contributed by atoms with Gasteiger partial charge < -0.3 is 16.2 Å². The summed E-state index contributed by atoms with van der Waals surface area (Å²) in [6.07, 6.45) is 0.659. The third-order valence-corrected chi connectivity index (χ3v) is 2.28. The summed E-state index contributed by atoms with van der Waals surface area (Å²) >= 11 is 0. The van der Waals surface area contributed by atoms with Crippen LogP contribution in [0.15, 0.2) is 24.3 Å². The van der Waals surface area contributed by atoms with E-state index in [4.69, 9.17) is 10.8 Å². The maximum atomic E-state index is 9.12. The molecule has 2 unspecified atom stereocenters. The molecule has 0 saturated carbocycles. The van der Waals surface area contributed by atoms with Crippen LogP contribution in [0.4, 0.5) is 5.69 Å². The molecular weight excluding hydrogens is 188 g/mol. The molecule has 0 heterocycles. The molecule has 15 heavy (non-hydrogen) atoms. The maximum absolute atomic E-state index is 9.12. The number of aliphatic hydroxyl groups excluding tert-OH is 1. The average Bonchev–Trinajstić information content (AvgIpc) is 2.19. The second-order valence-corrected chi connectivity index (χ2v) is 4.10. The lowest BCUT2D eigenvalue weighted by Gasteiger charge is -2.15. The number of nitrogen functional groups attached to an aromatic ring is 1. The van der Waals surface area contributed by atoms with Crippen LogP contribution in [0.3, 0.4) is 0 Å². The molecule has 0 spiro atoms. The van der Waals surface area contributed by atoms with Crippen molar-refractivity contribution in [1.82, 2.24) is 5.32 Å². The number of aliphatic hydroxyl groups is 1. The van der Waals surface area contributed by atoms with Crippen LogP contribution in [0.25, 0.3) is 0 Å². The molecule has 84 valence electrons. The van der Waals surface area contributed by atoms with Crippen molar-refractivity contribution in [3.8, 4) is 0 Å². The van der Waals surface area contributed by atoms with Gasteiger partial charge in [0.2, 0.25) is 0 Å². The Balaban J connectivity index is 2.37. The van der Waals surface area contributed by atoms with Crippen LogP contribution in [0.5, 0.6) is 0 Å². The molecule has 1 aromatic carbocycles. The molecule has 0 radical (unpaired) electrons. The minimum atomic E-state index is -0.293. The Morgan fingerprint density at radius 1 is 1.27 bits per heavy atom. The molecule has 1 rings (SSSR count). The van der Waals surface area contributed by atoms with Crippen molar-refractivity contribution in [2.75, 3.05) is 12.3 Å². The zero-order valence-electron chi connectivity index (χ0n) is 9.40. The maximum Gasteiger partial charge on any atom is 0.0636 e. The molecule has 1 aromatic rings. The Morgan fingerprint density at radius 2 is 1.87 bits per heavy atom. The molecule has 2 atom stereocenters. The fourth-order valence-electron chi connectivity index (χ4n) is 1.45. The van der Waals surface area contributed by atoms with Crippen molar-refractivity contribution in [3.63, 3.8) is 0 Å². The van der Waals surface area contributed by atoms with Gasteiger partial charge in [0.15, 0.2) is 0 Å². The summed E-state index contributed by atoms with van der Waals surface area (Å²) in [6, 6.07) is 8.27. The first-order valence-electron chi connectivity index (χ1n) is 5.34. The Hall–Kier alpha value is -1.06. The van der Waals surface area contributed by atoms with Crippen molar-refractivity contribution in [3.05, 3.63) is 29.8 Å². The van der Waals surface area contributed by atoms with Gasteiger partial charge in [-0.25, -0.2) is 0 Å². The smallest absolute Gasteiger partial charge is 0.0636 e. The molecule has 0 aliphatic carbocycles. The van der Waals surface area contributed by atoms with Crippen LogP contribution < -0.4 is 11.1 Å². The third kappa shape index (κ3) is 4.81. The summed E-state index contributed by atoms with van der Waals surface area (Å²) in [5.41, 5.74) is 7.66. The molecular formula is C12H20N2O. The number of nitrogens with two attached hydrogens (primary N) is 1. The summed E-state index contributed by atoms with van der Waals surface area (Å²) < 4.78 is 0. The number of nitrogens with one attached hydrogen (secondary N) is 1. The minimum Gasteiger partial charge on any atom is -0.399 e. The zero-order chi connectivity index (χ0) is 11.3. The van der Waals surface area contributed by atoms with Crippen LogP contribution in [-0.4, -0.2) is 23.8 Å². The summed E-state index contributed by atoms with van der Waals surface area (Å²) in [7, 11) is 0. The SMILES string of the molecule is CC(O)CNC(C)Cc1ccc(N)cc1. The van der Waals surface area contributed by atoms with Gasteiger partial charge in [0.05, 0.1) is 6.10 Å². The van der Waals surface area contributed by atoms with E-state index in [9.17, 15) is 0 Å². The first kappa shape index (κ1) is 12.0. The normalized spacial score (nSPS) is 14.9. The zero-order valence-corrected chi connectivity index (χ0v) is 9.40. The summed E-state index contributed by atoms with van der Waals surface area (Å²) in [5, 5.41) is 12.4. The van der Waals surface area contributed by atoms with Gasteiger partial charge in [-0.15, -0.1) is 0 Å². The van der Waals surface area contributed by atoms with E-state index >= 15 is 0 Å². The van der Waals surface area contributed by atoms with E-state index in [1.165, 1.54) is 5.56 Å². The predicted octanol–water partition coefficient (Wildman–Crippen LogP) is 1.17. The van der Waals surface area contributed by atoms with Gasteiger partial charge in [0.25, 0.3) is 0 Å². The first-order chi connectivity index (χ1) is 7.08. The van der Waals surface area contributed by atoms with Gasteiger partial charge in [-0.05, 0) is 38.0 Å². The van der Waals surface area contributed by atoms with Gasteiger partial charge >= 0.3 is 0 Å². The molecule has 0 saturated heterocycles. The van der Waals surface area contributed by atoms with Crippen LogP contribution in [-0.2, 0) is 6.42 Å². The highest BCUT2D eigenvalue weighted by atomic mass is 16.3. The van der Waals surface area contributed by atoms with Gasteiger partial charge in [-0.1, -0.05) is 12.1 Å². The highest BCUT2D eigenvalue weighted by Crippen LogP contribution is 2.07. The second kappa shape index (κ2) is 5.73. The molecule has 0 fully saturated rings. The standard InChI is InChI=1S/C12H20N2O/c1-9(14-8-10(2)15)7-11-3-5-12(13)6-4-11/h3-6,9-10,14-15H,7-8,13H2,1-2H3. The highest BCUT2D eigenvalue weighted by molar-refractivity contribution is 5.39. The largest absolute Gasteiger partial charge is 0.399 e. The molecule has 0 amide bonds. The molecule has 3 nitrogen and oxygen atoms in total. The average molecular weight is 208 g/mol. The Kier molecular flexibility index (Phi) is 4.59. The van der Waals surface area contributed by atoms with Crippen LogP contribution in [0, 0.1) is 0 Å². The molecule has 4 N–H and O–H groups in total. The van der Waals surface area contributed by atoms with Crippen LogP contribution in [0.2, 0.25) is 0 Å². The lowest BCUT2D eigenvalue weighted by atomic mass is 10.1. The fraction of sp³-hybridized carbons (Fsp3) is 0.500. The monoisotopic (exact) mass is 208 g/mol. The summed E-state index contributed by atoms with van der Waals surface area (Å²) in [5.74, 6) is 0. The Labute approximate surface area is 91.3 Å². The quantitative estimate of drug-likeness (QED) is 0.637. The molecule has 3 heteroatoms. The fourth-order valence-corrected chi connectivity index (χ4v) is 1.45. The van der Waals surface area contributed by atoms with Gasteiger partial charge in [-0.3, -0.25) is 0 Å². The van der Waals surface area contributed by atoms with E-state index in [0.717, 1.165) is 12.1 Å². The van der Waals surface area contributed by atoms with Crippen molar-refractivity contribution in [2.45, 2.75) is 32.4 Å². The van der Waals surface area contributed by atoms with Crippen molar-refractivity contribution in [2.24, 2.45) is 0 Å². The van der Waals surface area contributed by atoms with Crippen molar-refractivity contribution >= 4 is 5.69 Å². The molecule has 0 aliphatic heterocycles. The van der Waals surface area contributed by atoms with E-state index in [1.807, 2.05) is 24.3 Å². The van der Waals surface area contributed by atoms with E-state index in [2.05, 4.69) is 12.2 Å². The number of hydrogen-bond donors (Lipinski definition) is 3. The number of rotatable bonds is 5. The van der Waals surface area contributed by atoms with Crippen molar-refractivity contribution in [1.29, 1.82) is 0 Å². The summed E-state index contributed by atoms with van der Waals surface area (Å²) in [6.45, 7) is 4.53. The molecule has 0 aromatic heterocycles. The first-order valence-corrected chi connectivity index (χ1v) is 5.34. The van der Waals surface area contributed by atoms with Gasteiger partial charge in [0, 0.05) is 18.3 Å². The topological polar surface area (TPSA) is 58.3 Å². The summed E-state index contributed by atoms with van der Waals surface area (Å²) in [4.78, 5) is 0. The number of hydrogen-bond acceptors (Lipinski definition) is 3. The van der Waals surface area contributed by atoms with E-state index < -0.39 is 0 Å². The van der Waals surface area contributed by atoms with E-state index in [1.54, 1.807) is 6.92 Å². The predicted molar refractivity (Wildman–Crippen MR) is 63.7 cm³/mol. The molecule has 0 aliphatic rings. The second-order valence-electron chi connectivity index (χ2n) is 4.10. The van der Waals surface area contributed by atoms with Crippen molar-refractivity contribution < 1.29 is 5.11 Å². The Morgan fingerprint density at radius 3 is 2.40 bits per heavy atom. The Bertz CT molecular complexity index is 282. The lowest BCUT2D eigenvalue weighted by Crippen LogP contribution is -2.33. The minimum absolute atomic E-state index is 0.293.